The van der Waals surface area contributed by atoms with Crippen molar-refractivity contribution in [2.45, 2.75) is 10.5 Å². The Morgan fingerprint density at radius 2 is 2.13 bits per heavy atom. The van der Waals surface area contributed by atoms with E-state index in [2.05, 4.69) is 17.1 Å². The highest BCUT2D eigenvalue weighted by Gasteiger charge is 2.09. The van der Waals surface area contributed by atoms with Crippen LogP contribution in [0.25, 0.3) is 0 Å². The number of hydrogen-bond acceptors (Lipinski definition) is 3. The molecule has 2 rings (SSSR count). The number of benzene rings is 1. The summed E-state index contributed by atoms with van der Waals surface area (Å²) >= 11 is 9.56. The molecule has 2 aromatic rings. The number of aromatic nitrogens is 1. The van der Waals surface area contributed by atoms with Crippen LogP contribution in [-0.2, 0) is 5.75 Å². The topological polar surface area (TPSA) is 12.9 Å². The third kappa shape index (κ3) is 3.23. The fraction of sp³-hybridized carbons (Fsp3) is 0.182. The third-order valence-corrected chi connectivity index (χ3v) is 4.69. The van der Waals surface area contributed by atoms with Crippen molar-refractivity contribution in [3.05, 3.63) is 52.5 Å². The number of hydrogen-bond donors (Lipinski definition) is 0. The summed E-state index contributed by atoms with van der Waals surface area (Å²) in [6, 6.07) is 10.3. The molecule has 0 spiro atoms. The summed E-state index contributed by atoms with van der Waals surface area (Å²) < 4.78 is 0.0118. The predicted octanol–water partition coefficient (Wildman–Crippen LogP) is 4.31. The van der Waals surface area contributed by atoms with Crippen molar-refractivity contribution >= 4 is 34.7 Å². The largest absolute Gasteiger partial charge is 0.253 e. The van der Waals surface area contributed by atoms with Gasteiger partial charge in [-0.1, -0.05) is 30.3 Å². The lowest BCUT2D eigenvalue weighted by atomic mass is 10.2. The Bertz CT molecular complexity index is 388. The first kappa shape index (κ1) is 11.0. The van der Waals surface area contributed by atoms with Crippen molar-refractivity contribution in [3.63, 3.8) is 0 Å². The van der Waals surface area contributed by atoms with Gasteiger partial charge in [0.15, 0.2) is 0 Å². The Balaban J connectivity index is 1.89. The number of alkyl halides is 1. The van der Waals surface area contributed by atoms with Gasteiger partial charge in [-0.2, -0.15) is 0 Å². The summed E-state index contributed by atoms with van der Waals surface area (Å²) in [5.41, 5.74) is 3.12. The Morgan fingerprint density at radius 1 is 1.33 bits per heavy atom. The van der Waals surface area contributed by atoms with Crippen molar-refractivity contribution in [2.24, 2.45) is 0 Å². The monoisotopic (exact) mass is 255 g/mol. The zero-order chi connectivity index (χ0) is 10.5. The molecule has 1 aromatic carbocycles. The summed E-state index contributed by atoms with van der Waals surface area (Å²) in [6.45, 7) is 0. The molecule has 78 valence electrons. The fourth-order valence-electron chi connectivity index (χ4n) is 1.16. The lowest BCUT2D eigenvalue weighted by Crippen LogP contribution is -1.83. The zero-order valence-electron chi connectivity index (χ0n) is 7.97. The first-order valence-electron chi connectivity index (χ1n) is 4.54. The van der Waals surface area contributed by atoms with Crippen LogP contribution in [0.3, 0.4) is 0 Å². The van der Waals surface area contributed by atoms with Gasteiger partial charge >= 0.3 is 0 Å². The van der Waals surface area contributed by atoms with Crippen LogP contribution in [0.4, 0.5) is 0 Å². The summed E-state index contributed by atoms with van der Waals surface area (Å²) in [6.07, 6.45) is 1.83. The van der Waals surface area contributed by atoms with Crippen molar-refractivity contribution < 1.29 is 0 Å². The molecular weight excluding hydrogens is 246 g/mol. The first-order valence-corrected chi connectivity index (χ1v) is 6.91. The molecule has 1 atom stereocenters. The van der Waals surface area contributed by atoms with Gasteiger partial charge in [-0.25, -0.2) is 0 Å². The van der Waals surface area contributed by atoms with Crippen LogP contribution in [0.5, 0.6) is 0 Å². The van der Waals surface area contributed by atoms with Gasteiger partial charge in [0.25, 0.3) is 0 Å². The van der Waals surface area contributed by atoms with Crippen LogP contribution in [0.2, 0.25) is 0 Å². The second kappa shape index (κ2) is 5.54. The average Bonchev–Trinajstić information content (AvgIpc) is 2.81. The fourth-order valence-corrected chi connectivity index (χ4v) is 3.16. The zero-order valence-corrected chi connectivity index (χ0v) is 10.4. The van der Waals surface area contributed by atoms with Gasteiger partial charge in [0.2, 0.25) is 0 Å². The highest BCUT2D eigenvalue weighted by Crippen LogP contribution is 2.36. The van der Waals surface area contributed by atoms with Crippen LogP contribution >= 0.6 is 34.7 Å². The lowest BCUT2D eigenvalue weighted by Gasteiger charge is -2.06. The van der Waals surface area contributed by atoms with Gasteiger partial charge in [-0.05, 0) is 5.56 Å². The maximum Gasteiger partial charge on any atom is 0.115 e. The van der Waals surface area contributed by atoms with E-state index in [0.717, 1.165) is 10.6 Å². The van der Waals surface area contributed by atoms with E-state index in [-0.39, 0.29) is 4.71 Å². The molecule has 1 heterocycles. The Hall–Kier alpha value is -0.510. The van der Waals surface area contributed by atoms with Crippen LogP contribution in [0.1, 0.15) is 15.1 Å². The minimum absolute atomic E-state index is 0.0118. The number of thiazole rings is 1. The second-order valence-electron chi connectivity index (χ2n) is 3.02. The Labute approximate surface area is 103 Å². The Kier molecular flexibility index (Phi) is 4.06. The molecule has 4 heteroatoms. The Morgan fingerprint density at radius 3 is 2.80 bits per heavy atom. The van der Waals surface area contributed by atoms with E-state index in [1.807, 2.05) is 29.9 Å². The third-order valence-electron chi connectivity index (χ3n) is 1.91. The van der Waals surface area contributed by atoms with Crippen molar-refractivity contribution in [1.82, 2.24) is 4.98 Å². The molecule has 0 amide bonds. The van der Waals surface area contributed by atoms with E-state index >= 15 is 0 Å². The molecule has 0 aliphatic carbocycles. The van der Waals surface area contributed by atoms with E-state index in [0.29, 0.717) is 0 Å². The molecule has 0 aliphatic heterocycles. The number of nitrogens with zero attached hydrogens (tertiary/aromatic N) is 1. The predicted molar refractivity (Wildman–Crippen MR) is 68.4 cm³/mol. The van der Waals surface area contributed by atoms with Crippen LogP contribution in [0.15, 0.2) is 42.0 Å². The SMILES string of the molecule is ClC(SCc1ccccc1)c1cncs1. The van der Waals surface area contributed by atoms with Crippen molar-refractivity contribution in [3.8, 4) is 0 Å². The summed E-state index contributed by atoms with van der Waals surface area (Å²) in [4.78, 5) is 5.14. The molecule has 0 saturated carbocycles. The van der Waals surface area contributed by atoms with E-state index in [1.54, 1.807) is 23.1 Å². The highest BCUT2D eigenvalue weighted by molar-refractivity contribution is 8.00. The van der Waals surface area contributed by atoms with Crippen molar-refractivity contribution in [1.29, 1.82) is 0 Å². The smallest absolute Gasteiger partial charge is 0.115 e. The summed E-state index contributed by atoms with van der Waals surface area (Å²) in [5.74, 6) is 0.937. The minimum Gasteiger partial charge on any atom is -0.253 e. The molecule has 0 N–H and O–H groups in total. The molecular formula is C11H10ClNS2. The molecule has 15 heavy (non-hydrogen) atoms. The molecule has 1 unspecified atom stereocenters. The molecule has 0 saturated heterocycles. The van der Waals surface area contributed by atoms with Crippen LogP contribution in [0, 0.1) is 0 Å². The van der Waals surface area contributed by atoms with E-state index in [4.69, 9.17) is 11.6 Å². The van der Waals surface area contributed by atoms with Gasteiger partial charge < -0.3 is 0 Å². The maximum atomic E-state index is 6.23. The average molecular weight is 256 g/mol. The molecule has 0 radical (unpaired) electrons. The maximum absolute atomic E-state index is 6.23. The second-order valence-corrected chi connectivity index (χ2v) is 5.72. The van der Waals surface area contributed by atoms with E-state index in [1.165, 1.54) is 5.56 Å². The van der Waals surface area contributed by atoms with Crippen LogP contribution in [-0.4, -0.2) is 4.98 Å². The molecule has 0 bridgehead atoms. The quantitative estimate of drug-likeness (QED) is 0.755. The number of thioether (sulfide) groups is 1. The molecule has 1 nitrogen and oxygen atoms in total. The van der Waals surface area contributed by atoms with E-state index < -0.39 is 0 Å². The number of halogens is 1. The highest BCUT2D eigenvalue weighted by atomic mass is 35.5. The number of rotatable bonds is 4. The van der Waals surface area contributed by atoms with Crippen LogP contribution < -0.4 is 0 Å². The lowest BCUT2D eigenvalue weighted by molar-refractivity contribution is 1.33. The minimum atomic E-state index is 0.0118. The van der Waals surface area contributed by atoms with Gasteiger partial charge in [0.05, 0.1) is 10.4 Å². The first-order chi connectivity index (χ1) is 7.36. The molecule has 1 aromatic heterocycles. The normalized spacial score (nSPS) is 12.6. The summed E-state index contributed by atoms with van der Waals surface area (Å²) in [7, 11) is 0. The summed E-state index contributed by atoms with van der Waals surface area (Å²) in [5, 5.41) is 0. The van der Waals surface area contributed by atoms with Crippen molar-refractivity contribution in [2.75, 3.05) is 0 Å². The standard InChI is InChI=1S/C11H10ClNS2/c12-11(10-6-13-8-15-10)14-7-9-4-2-1-3-5-9/h1-6,8,11H,7H2. The van der Waals surface area contributed by atoms with Gasteiger partial charge in [0.1, 0.15) is 4.71 Å². The van der Waals surface area contributed by atoms with E-state index in [9.17, 15) is 0 Å². The molecule has 0 aliphatic rings. The van der Waals surface area contributed by atoms with Gasteiger partial charge in [-0.15, -0.1) is 34.7 Å². The molecule has 0 fully saturated rings. The van der Waals surface area contributed by atoms with Gasteiger partial charge in [-0.3, -0.25) is 4.98 Å². The van der Waals surface area contributed by atoms with Gasteiger partial charge in [0, 0.05) is 11.9 Å².